The lowest BCUT2D eigenvalue weighted by molar-refractivity contribution is 0.542. The Morgan fingerprint density at radius 3 is 2.06 bits per heavy atom. The number of rotatable bonds is 7. The van der Waals surface area contributed by atoms with E-state index in [1.54, 1.807) is 0 Å². The van der Waals surface area contributed by atoms with Gasteiger partial charge in [0, 0.05) is 4.48 Å². The van der Waals surface area contributed by atoms with E-state index in [0.717, 1.165) is 0 Å². The molecule has 0 aromatic heterocycles. The van der Waals surface area contributed by atoms with Crippen LogP contribution in [-0.4, -0.2) is 0 Å². The van der Waals surface area contributed by atoms with E-state index >= 15 is 0 Å². The topological polar surface area (TPSA) is 0 Å². The first kappa shape index (κ1) is 17.4. The third kappa shape index (κ3) is 5.39. The van der Waals surface area contributed by atoms with Crippen molar-refractivity contribution in [1.29, 1.82) is 0 Å². The summed E-state index contributed by atoms with van der Waals surface area (Å²) in [5, 5.41) is 0. The summed E-state index contributed by atoms with van der Waals surface area (Å²) in [6, 6.07) is 0. The van der Waals surface area contributed by atoms with Gasteiger partial charge in [-0.2, -0.15) is 0 Å². The molecule has 0 heterocycles. The maximum Gasteiger partial charge on any atom is 0.0207 e. The van der Waals surface area contributed by atoms with E-state index < -0.39 is 0 Å². The summed E-state index contributed by atoms with van der Waals surface area (Å²) in [7, 11) is 0. The fraction of sp³-hybridized carbons (Fsp3) is 0.529. The van der Waals surface area contributed by atoms with Crippen LogP contribution in [0.4, 0.5) is 0 Å². The largest absolute Gasteiger partial charge is 0.0874 e. The van der Waals surface area contributed by atoms with Crippen LogP contribution in [0.25, 0.3) is 0 Å². The van der Waals surface area contributed by atoms with Crippen molar-refractivity contribution < 1.29 is 0 Å². The zero-order valence-electron chi connectivity index (χ0n) is 12.5. The lowest BCUT2D eigenvalue weighted by Crippen LogP contribution is -2.04. The van der Waals surface area contributed by atoms with Crippen molar-refractivity contribution in [2.75, 3.05) is 0 Å². The minimum absolute atomic E-state index is 0.643. The lowest BCUT2D eigenvalue weighted by atomic mass is 9.87. The fourth-order valence-electron chi connectivity index (χ4n) is 2.19. The molecule has 0 rings (SSSR count). The molecule has 102 valence electrons. The summed E-state index contributed by atoms with van der Waals surface area (Å²) in [6.07, 6.45) is 14.5. The molecule has 0 nitrogen and oxygen atoms in total. The second-order valence-electron chi connectivity index (χ2n) is 4.40. The standard InChI is InChI=1S/C17H27Br/c1-6-11-14(9-4)15(12-7-2)16(13-8-3)17(18)10-5/h7-8,10,12-14H,6,9,11H2,1-5H3/b12-7-,13-8+,16-15-,17-10+. The van der Waals surface area contributed by atoms with E-state index in [1.165, 1.54) is 34.9 Å². The Morgan fingerprint density at radius 1 is 1.06 bits per heavy atom. The molecule has 0 saturated heterocycles. The zero-order chi connectivity index (χ0) is 14.0. The predicted octanol–water partition coefficient (Wildman–Crippen LogP) is 6.56. The molecular weight excluding hydrogens is 284 g/mol. The van der Waals surface area contributed by atoms with Crippen LogP contribution in [0, 0.1) is 5.92 Å². The van der Waals surface area contributed by atoms with Gasteiger partial charge in [0.15, 0.2) is 0 Å². The Morgan fingerprint density at radius 2 is 1.67 bits per heavy atom. The SMILES string of the molecule is C\C=C/C(=C(\C=C\C)C(/Br)=C\C)C(CC)CCC. The second kappa shape index (κ2) is 10.4. The summed E-state index contributed by atoms with van der Waals surface area (Å²) in [5.41, 5.74) is 2.77. The predicted molar refractivity (Wildman–Crippen MR) is 88.0 cm³/mol. The van der Waals surface area contributed by atoms with Crippen molar-refractivity contribution in [2.24, 2.45) is 5.92 Å². The van der Waals surface area contributed by atoms with E-state index in [9.17, 15) is 0 Å². The molecule has 0 aliphatic rings. The number of halogens is 1. The first-order valence-electron chi connectivity index (χ1n) is 6.97. The van der Waals surface area contributed by atoms with Gasteiger partial charge >= 0.3 is 0 Å². The average Bonchev–Trinajstić information content (AvgIpc) is 2.39. The zero-order valence-corrected chi connectivity index (χ0v) is 14.0. The van der Waals surface area contributed by atoms with Gasteiger partial charge in [0.25, 0.3) is 0 Å². The summed E-state index contributed by atoms with van der Waals surface area (Å²) in [4.78, 5) is 0. The molecule has 0 saturated carbocycles. The van der Waals surface area contributed by atoms with Crippen molar-refractivity contribution in [1.82, 2.24) is 0 Å². The summed E-state index contributed by atoms with van der Waals surface area (Å²) < 4.78 is 1.18. The molecule has 0 aliphatic carbocycles. The Labute approximate surface area is 122 Å². The Hall–Kier alpha value is -0.560. The van der Waals surface area contributed by atoms with Gasteiger partial charge in [0.05, 0.1) is 0 Å². The van der Waals surface area contributed by atoms with Crippen molar-refractivity contribution in [3.05, 3.63) is 46.0 Å². The fourth-order valence-corrected chi connectivity index (χ4v) is 2.55. The maximum absolute atomic E-state index is 3.68. The average molecular weight is 311 g/mol. The first-order chi connectivity index (χ1) is 8.65. The Kier molecular flexibility index (Phi) is 10.0. The van der Waals surface area contributed by atoms with Crippen LogP contribution in [0.3, 0.4) is 0 Å². The molecule has 18 heavy (non-hydrogen) atoms. The van der Waals surface area contributed by atoms with E-state index in [-0.39, 0.29) is 0 Å². The number of allylic oxidation sites excluding steroid dienone is 8. The highest BCUT2D eigenvalue weighted by molar-refractivity contribution is 9.12. The molecule has 0 amide bonds. The van der Waals surface area contributed by atoms with Gasteiger partial charge < -0.3 is 0 Å². The van der Waals surface area contributed by atoms with Crippen molar-refractivity contribution in [3.63, 3.8) is 0 Å². The van der Waals surface area contributed by atoms with Gasteiger partial charge in [-0.3, -0.25) is 0 Å². The molecule has 0 aliphatic heterocycles. The Balaban J connectivity index is 5.72. The van der Waals surface area contributed by atoms with E-state index in [0.29, 0.717) is 5.92 Å². The minimum Gasteiger partial charge on any atom is -0.0874 e. The van der Waals surface area contributed by atoms with Crippen molar-refractivity contribution in [2.45, 2.75) is 53.9 Å². The molecule has 0 spiro atoms. The monoisotopic (exact) mass is 310 g/mol. The molecule has 0 aromatic carbocycles. The van der Waals surface area contributed by atoms with Gasteiger partial charge in [-0.1, -0.05) is 66.6 Å². The molecule has 0 radical (unpaired) electrons. The van der Waals surface area contributed by atoms with Crippen LogP contribution >= 0.6 is 15.9 Å². The highest BCUT2D eigenvalue weighted by Gasteiger charge is 2.14. The molecular formula is C17H27Br. The van der Waals surface area contributed by atoms with Crippen LogP contribution in [-0.2, 0) is 0 Å². The van der Waals surface area contributed by atoms with Crippen LogP contribution in [0.15, 0.2) is 46.0 Å². The van der Waals surface area contributed by atoms with Gasteiger partial charge in [-0.15, -0.1) is 0 Å². The first-order valence-corrected chi connectivity index (χ1v) is 7.77. The van der Waals surface area contributed by atoms with Crippen molar-refractivity contribution >= 4 is 15.9 Å². The van der Waals surface area contributed by atoms with Crippen LogP contribution < -0.4 is 0 Å². The van der Waals surface area contributed by atoms with E-state index in [1.807, 2.05) is 0 Å². The third-order valence-corrected chi connectivity index (χ3v) is 3.96. The maximum atomic E-state index is 3.68. The van der Waals surface area contributed by atoms with Gasteiger partial charge in [0.2, 0.25) is 0 Å². The van der Waals surface area contributed by atoms with Gasteiger partial charge in [-0.05, 0) is 50.7 Å². The number of hydrogen-bond acceptors (Lipinski definition) is 0. The molecule has 1 atom stereocenters. The molecule has 1 heteroatoms. The molecule has 0 bridgehead atoms. The highest BCUT2D eigenvalue weighted by atomic mass is 79.9. The van der Waals surface area contributed by atoms with Crippen LogP contribution in [0.5, 0.6) is 0 Å². The summed E-state index contributed by atoms with van der Waals surface area (Å²) in [6.45, 7) is 10.8. The van der Waals surface area contributed by atoms with E-state index in [4.69, 9.17) is 0 Å². The van der Waals surface area contributed by atoms with Gasteiger partial charge in [0.1, 0.15) is 0 Å². The highest BCUT2D eigenvalue weighted by Crippen LogP contribution is 2.31. The number of hydrogen-bond donors (Lipinski definition) is 0. The molecule has 0 aromatic rings. The lowest BCUT2D eigenvalue weighted by Gasteiger charge is -2.19. The third-order valence-electron chi connectivity index (χ3n) is 3.07. The minimum atomic E-state index is 0.643. The molecule has 0 fully saturated rings. The normalized spacial score (nSPS) is 16.4. The molecule has 1 unspecified atom stereocenters. The van der Waals surface area contributed by atoms with E-state index in [2.05, 4.69) is 80.9 Å². The smallest absolute Gasteiger partial charge is 0.0207 e. The van der Waals surface area contributed by atoms with Crippen LogP contribution in [0.2, 0.25) is 0 Å². The second-order valence-corrected chi connectivity index (χ2v) is 5.25. The summed E-state index contributed by atoms with van der Waals surface area (Å²) in [5.74, 6) is 0.643. The Bertz CT molecular complexity index is 343. The van der Waals surface area contributed by atoms with Gasteiger partial charge in [-0.25, -0.2) is 0 Å². The quantitative estimate of drug-likeness (QED) is 0.467. The molecule has 0 N–H and O–H groups in total. The summed E-state index contributed by atoms with van der Waals surface area (Å²) >= 11 is 3.68. The van der Waals surface area contributed by atoms with Crippen molar-refractivity contribution in [3.8, 4) is 0 Å². The van der Waals surface area contributed by atoms with Crippen LogP contribution in [0.1, 0.15) is 53.9 Å².